The minimum atomic E-state index is 0.394. The van der Waals surface area contributed by atoms with Gasteiger partial charge in [-0.2, -0.15) is 0 Å². The summed E-state index contributed by atoms with van der Waals surface area (Å²) in [7, 11) is 2.21. The highest BCUT2D eigenvalue weighted by Crippen LogP contribution is 2.49. The Labute approximate surface area is 91.4 Å². The quantitative estimate of drug-likeness (QED) is 0.566. The SMILES string of the molecule is CC1=[N+](C)c2ccccc2C12CCCC2. The molecule has 0 saturated heterocycles. The Kier molecular flexibility index (Phi) is 1.79. The standard InChI is InChI=1S/C14H18N/c1-11-14(9-5-6-10-14)12-7-3-4-8-13(12)15(11)2/h3-4,7-8H,5-6,9-10H2,1-2H3/q+1. The van der Waals surface area contributed by atoms with Crippen molar-refractivity contribution in [2.24, 2.45) is 0 Å². The molecule has 78 valence electrons. The predicted molar refractivity (Wildman–Crippen MR) is 63.1 cm³/mol. The smallest absolute Gasteiger partial charge is 0.202 e. The summed E-state index contributed by atoms with van der Waals surface area (Å²) in [6.07, 6.45) is 5.47. The average Bonchev–Trinajstić information content (AvgIpc) is 2.83. The molecule has 1 saturated carbocycles. The van der Waals surface area contributed by atoms with Gasteiger partial charge in [0, 0.05) is 18.6 Å². The van der Waals surface area contributed by atoms with Crippen molar-refractivity contribution in [2.75, 3.05) is 7.05 Å². The molecule has 0 N–H and O–H groups in total. The van der Waals surface area contributed by atoms with Crippen molar-refractivity contribution in [3.63, 3.8) is 0 Å². The molecule has 1 heteroatoms. The lowest BCUT2D eigenvalue weighted by Crippen LogP contribution is -2.29. The van der Waals surface area contributed by atoms with Crippen molar-refractivity contribution in [1.29, 1.82) is 0 Å². The van der Waals surface area contributed by atoms with E-state index in [1.165, 1.54) is 31.4 Å². The molecule has 0 aromatic heterocycles. The van der Waals surface area contributed by atoms with Crippen molar-refractivity contribution in [3.8, 4) is 0 Å². The van der Waals surface area contributed by atoms with E-state index in [0.29, 0.717) is 5.41 Å². The van der Waals surface area contributed by atoms with Gasteiger partial charge in [0.05, 0.1) is 5.41 Å². The van der Waals surface area contributed by atoms with Gasteiger partial charge in [-0.05, 0) is 12.8 Å². The summed E-state index contributed by atoms with van der Waals surface area (Å²) in [5.74, 6) is 0. The molecular weight excluding hydrogens is 182 g/mol. The Hall–Kier alpha value is -1.11. The molecule has 15 heavy (non-hydrogen) atoms. The Bertz CT molecular complexity index is 436. The normalized spacial score (nSPS) is 22.5. The summed E-state index contributed by atoms with van der Waals surface area (Å²) in [4.78, 5) is 0. The molecule has 3 rings (SSSR count). The lowest BCUT2D eigenvalue weighted by Gasteiger charge is -2.20. The molecule has 0 amide bonds. The molecule has 1 heterocycles. The van der Waals surface area contributed by atoms with Gasteiger partial charge in [0.1, 0.15) is 7.05 Å². The molecule has 0 atom stereocenters. The molecule has 1 spiro atoms. The highest BCUT2D eigenvalue weighted by molar-refractivity contribution is 5.94. The fourth-order valence-electron chi connectivity index (χ4n) is 3.48. The second-order valence-corrected chi connectivity index (χ2v) is 4.95. The second-order valence-electron chi connectivity index (χ2n) is 4.95. The van der Waals surface area contributed by atoms with Crippen LogP contribution >= 0.6 is 0 Å². The molecule has 1 fully saturated rings. The summed E-state index contributed by atoms with van der Waals surface area (Å²) in [6.45, 7) is 2.31. The van der Waals surface area contributed by atoms with Crippen molar-refractivity contribution >= 4 is 11.4 Å². The second kappa shape index (κ2) is 2.94. The summed E-state index contributed by atoms with van der Waals surface area (Å²) >= 11 is 0. The van der Waals surface area contributed by atoms with Crippen LogP contribution in [0.4, 0.5) is 5.69 Å². The van der Waals surface area contributed by atoms with Gasteiger partial charge in [0.25, 0.3) is 0 Å². The lowest BCUT2D eigenvalue weighted by molar-refractivity contribution is -0.403. The fourth-order valence-corrected chi connectivity index (χ4v) is 3.48. The lowest BCUT2D eigenvalue weighted by atomic mass is 9.77. The van der Waals surface area contributed by atoms with E-state index in [-0.39, 0.29) is 0 Å². The molecule has 1 aliphatic carbocycles. The summed E-state index contributed by atoms with van der Waals surface area (Å²) in [5.41, 5.74) is 4.95. The van der Waals surface area contributed by atoms with Gasteiger partial charge >= 0.3 is 0 Å². The van der Waals surface area contributed by atoms with Crippen molar-refractivity contribution in [3.05, 3.63) is 29.8 Å². The minimum Gasteiger partial charge on any atom is -0.202 e. The van der Waals surface area contributed by atoms with Gasteiger partial charge in [-0.3, -0.25) is 0 Å². The van der Waals surface area contributed by atoms with Crippen molar-refractivity contribution < 1.29 is 4.58 Å². The topological polar surface area (TPSA) is 3.01 Å². The summed E-state index contributed by atoms with van der Waals surface area (Å²) in [5, 5.41) is 0. The van der Waals surface area contributed by atoms with Crippen LogP contribution in [0.1, 0.15) is 38.2 Å². The van der Waals surface area contributed by atoms with E-state index >= 15 is 0 Å². The van der Waals surface area contributed by atoms with E-state index < -0.39 is 0 Å². The number of nitrogens with zero attached hydrogens (tertiary/aromatic N) is 1. The summed E-state index contributed by atoms with van der Waals surface area (Å²) in [6, 6.07) is 8.92. The van der Waals surface area contributed by atoms with Gasteiger partial charge < -0.3 is 0 Å². The first-order valence-corrected chi connectivity index (χ1v) is 5.93. The van der Waals surface area contributed by atoms with E-state index in [0.717, 1.165) is 0 Å². The average molecular weight is 200 g/mol. The van der Waals surface area contributed by atoms with Crippen LogP contribution in [0.5, 0.6) is 0 Å². The van der Waals surface area contributed by atoms with Gasteiger partial charge in [-0.15, -0.1) is 0 Å². The number of hydrogen-bond acceptors (Lipinski definition) is 0. The first-order chi connectivity index (χ1) is 7.26. The van der Waals surface area contributed by atoms with Gasteiger partial charge in [0.15, 0.2) is 5.71 Å². The van der Waals surface area contributed by atoms with E-state index in [1.807, 2.05) is 0 Å². The van der Waals surface area contributed by atoms with Gasteiger partial charge in [0.2, 0.25) is 5.69 Å². The minimum absolute atomic E-state index is 0.394. The first kappa shape index (κ1) is 9.14. The first-order valence-electron chi connectivity index (χ1n) is 5.93. The Morgan fingerprint density at radius 3 is 2.53 bits per heavy atom. The predicted octanol–water partition coefficient (Wildman–Crippen LogP) is 3.25. The molecule has 0 bridgehead atoms. The number of benzene rings is 1. The maximum atomic E-state index is 2.39. The third-order valence-corrected chi connectivity index (χ3v) is 4.43. The van der Waals surface area contributed by atoms with Crippen molar-refractivity contribution in [2.45, 2.75) is 38.0 Å². The molecule has 1 nitrogen and oxygen atoms in total. The van der Waals surface area contributed by atoms with Crippen LogP contribution in [0.15, 0.2) is 24.3 Å². The number of hydrogen-bond donors (Lipinski definition) is 0. The van der Waals surface area contributed by atoms with E-state index in [4.69, 9.17) is 0 Å². The maximum absolute atomic E-state index is 2.39. The van der Waals surface area contributed by atoms with E-state index in [9.17, 15) is 0 Å². The van der Waals surface area contributed by atoms with Gasteiger partial charge in [-0.1, -0.05) is 31.0 Å². The fraction of sp³-hybridized carbons (Fsp3) is 0.500. The van der Waals surface area contributed by atoms with Crippen LogP contribution in [-0.4, -0.2) is 17.3 Å². The third kappa shape index (κ3) is 1.01. The molecule has 2 aliphatic rings. The zero-order chi connectivity index (χ0) is 10.5. The molecule has 1 aromatic rings. The highest BCUT2D eigenvalue weighted by Gasteiger charge is 2.49. The Morgan fingerprint density at radius 1 is 1.13 bits per heavy atom. The van der Waals surface area contributed by atoms with Crippen LogP contribution in [0.2, 0.25) is 0 Å². The molecular formula is C14H18N+. The molecule has 0 unspecified atom stereocenters. The third-order valence-electron chi connectivity index (χ3n) is 4.43. The number of para-hydroxylation sites is 1. The largest absolute Gasteiger partial charge is 0.209 e. The zero-order valence-corrected chi connectivity index (χ0v) is 9.59. The highest BCUT2D eigenvalue weighted by atomic mass is 15.0. The summed E-state index contributed by atoms with van der Waals surface area (Å²) < 4.78 is 2.39. The maximum Gasteiger partial charge on any atom is 0.209 e. The number of rotatable bonds is 0. The zero-order valence-electron chi connectivity index (χ0n) is 9.59. The van der Waals surface area contributed by atoms with Crippen molar-refractivity contribution in [1.82, 2.24) is 0 Å². The molecule has 1 aromatic carbocycles. The molecule has 0 radical (unpaired) electrons. The van der Waals surface area contributed by atoms with Crippen LogP contribution in [0.3, 0.4) is 0 Å². The van der Waals surface area contributed by atoms with E-state index in [2.05, 4.69) is 42.8 Å². The Morgan fingerprint density at radius 2 is 1.80 bits per heavy atom. The Balaban J connectivity index is 2.26. The van der Waals surface area contributed by atoms with E-state index in [1.54, 1.807) is 11.3 Å². The van der Waals surface area contributed by atoms with Crippen LogP contribution in [0.25, 0.3) is 0 Å². The van der Waals surface area contributed by atoms with Crippen LogP contribution in [-0.2, 0) is 5.41 Å². The van der Waals surface area contributed by atoms with Gasteiger partial charge in [-0.25, -0.2) is 4.58 Å². The number of fused-ring (bicyclic) bond motifs is 2. The molecule has 1 aliphatic heterocycles. The van der Waals surface area contributed by atoms with Crippen LogP contribution in [0, 0.1) is 0 Å². The van der Waals surface area contributed by atoms with Crippen LogP contribution < -0.4 is 0 Å². The monoisotopic (exact) mass is 200 g/mol.